The third-order valence-corrected chi connectivity index (χ3v) is 3.00. The maximum Gasteiger partial charge on any atom is 0.310 e. The number of carboxylic acid groups (broad SMARTS) is 1. The highest BCUT2D eigenvalue weighted by Crippen LogP contribution is 2.26. The van der Waals surface area contributed by atoms with Crippen LogP contribution in [0, 0.1) is 0 Å². The minimum absolute atomic E-state index is 0.284. The molecule has 0 bridgehead atoms. The molecule has 0 spiro atoms. The quantitative estimate of drug-likeness (QED) is 0.866. The number of carboxylic acids is 1. The zero-order valence-corrected chi connectivity index (χ0v) is 11.9. The molecule has 0 aromatic heterocycles. The minimum Gasteiger partial charge on any atom is -0.481 e. The van der Waals surface area contributed by atoms with E-state index in [1.807, 2.05) is 0 Å². The lowest BCUT2D eigenvalue weighted by molar-refractivity contribution is -0.138. The van der Waals surface area contributed by atoms with E-state index < -0.39 is 11.9 Å². The number of halogens is 1. The molecule has 6 heteroatoms. The zero-order valence-electron chi connectivity index (χ0n) is 10.3. The Hall–Kier alpha value is -1.33. The second-order valence-corrected chi connectivity index (χ2v) is 4.83. The highest BCUT2D eigenvalue weighted by Gasteiger charge is 2.16. The molecule has 1 aromatic carbocycles. The first-order valence-electron chi connectivity index (χ1n) is 5.23. The Morgan fingerprint density at radius 3 is 2.56 bits per heavy atom. The molecule has 0 heterocycles. The standard InChI is InChI=1S/C12H14ClNO3S/c1-7(11(15)16)8-4-9(13)6-10(5-8)17-12(18)14(2)3/h4-7H,1-3H3,(H,15,16). The monoisotopic (exact) mass is 287 g/mol. The van der Waals surface area contributed by atoms with E-state index in [4.69, 9.17) is 33.7 Å². The van der Waals surface area contributed by atoms with Crippen LogP contribution in [0.3, 0.4) is 0 Å². The molecule has 4 nitrogen and oxygen atoms in total. The number of hydrogen-bond acceptors (Lipinski definition) is 3. The van der Waals surface area contributed by atoms with E-state index >= 15 is 0 Å². The van der Waals surface area contributed by atoms with Gasteiger partial charge in [-0.3, -0.25) is 4.79 Å². The Morgan fingerprint density at radius 1 is 1.44 bits per heavy atom. The fraction of sp³-hybridized carbons (Fsp3) is 0.333. The summed E-state index contributed by atoms with van der Waals surface area (Å²) in [6.45, 7) is 1.59. The van der Waals surface area contributed by atoms with E-state index in [9.17, 15) is 4.79 Å². The Kier molecular flexibility index (Phi) is 4.93. The SMILES string of the molecule is CC(C(=O)O)c1cc(Cl)cc(OC(=S)N(C)C)c1. The van der Waals surface area contributed by atoms with E-state index in [0.717, 1.165) is 0 Å². The second kappa shape index (κ2) is 6.02. The van der Waals surface area contributed by atoms with E-state index in [2.05, 4.69) is 0 Å². The number of benzene rings is 1. The summed E-state index contributed by atoms with van der Waals surface area (Å²) in [5.74, 6) is -1.14. The van der Waals surface area contributed by atoms with Gasteiger partial charge in [0.05, 0.1) is 5.92 Å². The fourth-order valence-electron chi connectivity index (χ4n) is 1.23. The molecule has 0 radical (unpaired) electrons. The molecule has 0 saturated carbocycles. The van der Waals surface area contributed by atoms with Crippen molar-refractivity contribution in [1.82, 2.24) is 4.90 Å². The lowest BCUT2D eigenvalue weighted by Crippen LogP contribution is -2.25. The van der Waals surface area contributed by atoms with Crippen LogP contribution in [-0.2, 0) is 4.79 Å². The van der Waals surface area contributed by atoms with Crippen molar-refractivity contribution in [3.8, 4) is 5.75 Å². The predicted molar refractivity (Wildman–Crippen MR) is 74.4 cm³/mol. The summed E-state index contributed by atoms with van der Waals surface area (Å²) in [4.78, 5) is 12.6. The van der Waals surface area contributed by atoms with Crippen molar-refractivity contribution in [3.63, 3.8) is 0 Å². The van der Waals surface area contributed by atoms with Gasteiger partial charge in [0.15, 0.2) is 0 Å². The van der Waals surface area contributed by atoms with Crippen molar-refractivity contribution in [3.05, 3.63) is 28.8 Å². The fourth-order valence-corrected chi connectivity index (χ4v) is 1.56. The summed E-state index contributed by atoms with van der Waals surface area (Å²) >= 11 is 10.9. The zero-order chi connectivity index (χ0) is 13.9. The lowest BCUT2D eigenvalue weighted by Gasteiger charge is -2.15. The summed E-state index contributed by atoms with van der Waals surface area (Å²) in [6.07, 6.45) is 0. The average Bonchev–Trinajstić information content (AvgIpc) is 2.26. The average molecular weight is 288 g/mol. The molecule has 1 unspecified atom stereocenters. The van der Waals surface area contributed by atoms with Gasteiger partial charge in [-0.1, -0.05) is 11.6 Å². The molecular formula is C12H14ClNO3S. The highest BCUT2D eigenvalue weighted by atomic mass is 35.5. The van der Waals surface area contributed by atoms with Gasteiger partial charge in [-0.2, -0.15) is 0 Å². The van der Waals surface area contributed by atoms with Gasteiger partial charge >= 0.3 is 5.97 Å². The van der Waals surface area contributed by atoms with E-state index in [-0.39, 0.29) is 5.17 Å². The lowest BCUT2D eigenvalue weighted by atomic mass is 10.0. The van der Waals surface area contributed by atoms with Crippen LogP contribution < -0.4 is 4.74 Å². The number of hydrogen-bond donors (Lipinski definition) is 1. The van der Waals surface area contributed by atoms with Crippen molar-refractivity contribution in [2.75, 3.05) is 14.1 Å². The maximum atomic E-state index is 10.9. The van der Waals surface area contributed by atoms with Gasteiger partial charge < -0.3 is 14.7 Å². The molecule has 0 aliphatic rings. The number of nitrogens with zero attached hydrogens (tertiary/aromatic N) is 1. The Morgan fingerprint density at radius 2 is 2.06 bits per heavy atom. The topological polar surface area (TPSA) is 49.8 Å². The van der Waals surface area contributed by atoms with Crippen molar-refractivity contribution in [2.24, 2.45) is 0 Å². The summed E-state index contributed by atoms with van der Waals surface area (Å²) in [7, 11) is 3.52. The van der Waals surface area contributed by atoms with Gasteiger partial charge in [-0.25, -0.2) is 0 Å². The van der Waals surface area contributed by atoms with Gasteiger partial charge in [-0.15, -0.1) is 0 Å². The largest absolute Gasteiger partial charge is 0.481 e. The Bertz CT molecular complexity index is 476. The van der Waals surface area contributed by atoms with E-state index in [1.54, 1.807) is 44.1 Å². The van der Waals surface area contributed by atoms with Gasteiger partial charge in [0, 0.05) is 19.1 Å². The number of thiocarbonyl (C=S) groups is 1. The summed E-state index contributed by atoms with van der Waals surface area (Å²) in [6, 6.07) is 4.82. The van der Waals surface area contributed by atoms with Crippen LogP contribution in [0.1, 0.15) is 18.4 Å². The maximum absolute atomic E-state index is 10.9. The predicted octanol–water partition coefficient (Wildman–Crippen LogP) is 2.75. The first-order valence-corrected chi connectivity index (χ1v) is 6.02. The molecule has 1 aromatic rings. The van der Waals surface area contributed by atoms with Gasteiger partial charge in [-0.05, 0) is 42.9 Å². The molecule has 18 heavy (non-hydrogen) atoms. The van der Waals surface area contributed by atoms with Crippen LogP contribution in [-0.4, -0.2) is 35.2 Å². The third kappa shape index (κ3) is 3.85. The number of ether oxygens (including phenoxy) is 1. The number of aliphatic carboxylic acids is 1. The van der Waals surface area contributed by atoms with Crippen molar-refractivity contribution >= 4 is 35.0 Å². The molecule has 1 rings (SSSR count). The molecule has 0 saturated heterocycles. The minimum atomic E-state index is -0.918. The summed E-state index contributed by atoms with van der Waals surface area (Å²) in [5, 5.41) is 9.67. The van der Waals surface area contributed by atoms with Crippen LogP contribution in [0.15, 0.2) is 18.2 Å². The summed E-state index contributed by atoms with van der Waals surface area (Å²) < 4.78 is 5.41. The first-order chi connectivity index (χ1) is 8.31. The van der Waals surface area contributed by atoms with E-state index in [1.165, 1.54) is 0 Å². The van der Waals surface area contributed by atoms with Crippen molar-refractivity contribution in [1.29, 1.82) is 0 Å². The van der Waals surface area contributed by atoms with Crippen molar-refractivity contribution < 1.29 is 14.6 Å². The molecule has 0 fully saturated rings. The number of rotatable bonds is 3. The van der Waals surface area contributed by atoms with Gasteiger partial charge in [0.1, 0.15) is 5.75 Å². The smallest absolute Gasteiger partial charge is 0.310 e. The second-order valence-electron chi connectivity index (χ2n) is 4.04. The van der Waals surface area contributed by atoms with Crippen molar-refractivity contribution in [2.45, 2.75) is 12.8 Å². The molecule has 1 atom stereocenters. The molecule has 0 aliphatic carbocycles. The molecule has 0 aliphatic heterocycles. The van der Waals surface area contributed by atoms with Crippen LogP contribution in [0.25, 0.3) is 0 Å². The van der Waals surface area contributed by atoms with Gasteiger partial charge in [0.25, 0.3) is 5.17 Å². The Balaban J connectivity index is 3.01. The van der Waals surface area contributed by atoms with Gasteiger partial charge in [0.2, 0.25) is 0 Å². The normalized spacial score (nSPS) is 11.8. The van der Waals surface area contributed by atoms with Crippen LogP contribution in [0.5, 0.6) is 5.75 Å². The number of carbonyl (C=O) groups is 1. The molecular weight excluding hydrogens is 274 g/mol. The Labute approximate surface area is 116 Å². The molecule has 1 N–H and O–H groups in total. The highest BCUT2D eigenvalue weighted by molar-refractivity contribution is 7.80. The summed E-state index contributed by atoms with van der Waals surface area (Å²) in [5.41, 5.74) is 0.576. The third-order valence-electron chi connectivity index (χ3n) is 2.33. The van der Waals surface area contributed by atoms with Crippen LogP contribution in [0.2, 0.25) is 5.02 Å². The van der Waals surface area contributed by atoms with Crippen LogP contribution in [0.4, 0.5) is 0 Å². The van der Waals surface area contributed by atoms with Crippen LogP contribution >= 0.6 is 23.8 Å². The molecule has 0 amide bonds. The first kappa shape index (κ1) is 14.7. The van der Waals surface area contributed by atoms with E-state index in [0.29, 0.717) is 16.3 Å². The molecule has 98 valence electrons.